The summed E-state index contributed by atoms with van der Waals surface area (Å²) in [5, 5.41) is 12.1. The molecule has 0 radical (unpaired) electrons. The second-order valence-electron chi connectivity index (χ2n) is 4.62. The molecular formula is C10H19F3N2O3. The molecule has 8 heteroatoms. The quantitative estimate of drug-likeness (QED) is 0.684. The minimum atomic E-state index is -4.45. The Morgan fingerprint density at radius 3 is 2.39 bits per heavy atom. The number of aliphatic hydroxyl groups is 1. The van der Waals surface area contributed by atoms with Crippen molar-refractivity contribution >= 4 is 5.91 Å². The van der Waals surface area contributed by atoms with Gasteiger partial charge in [-0.2, -0.15) is 13.2 Å². The number of hydrogen-bond acceptors (Lipinski definition) is 4. The first-order valence-corrected chi connectivity index (χ1v) is 5.30. The van der Waals surface area contributed by atoms with Gasteiger partial charge in [0.1, 0.15) is 13.2 Å². The fraction of sp³-hybridized carbons (Fsp3) is 0.900. The van der Waals surface area contributed by atoms with E-state index in [4.69, 9.17) is 0 Å². The summed E-state index contributed by atoms with van der Waals surface area (Å²) < 4.78 is 39.3. The van der Waals surface area contributed by atoms with E-state index in [1.54, 1.807) is 19.0 Å². The highest BCUT2D eigenvalue weighted by atomic mass is 19.4. The summed E-state index contributed by atoms with van der Waals surface area (Å²) in [5.41, 5.74) is -1.15. The lowest BCUT2D eigenvalue weighted by atomic mass is 10.1. The van der Waals surface area contributed by atoms with Crippen LogP contribution in [0, 0.1) is 0 Å². The highest BCUT2D eigenvalue weighted by Gasteiger charge is 2.28. The molecule has 0 saturated carbocycles. The number of nitrogens with one attached hydrogen (secondary N) is 1. The van der Waals surface area contributed by atoms with Gasteiger partial charge in [0, 0.05) is 13.1 Å². The Labute approximate surface area is 104 Å². The van der Waals surface area contributed by atoms with Crippen molar-refractivity contribution in [2.24, 2.45) is 0 Å². The zero-order valence-corrected chi connectivity index (χ0v) is 10.7. The number of alkyl halides is 3. The van der Waals surface area contributed by atoms with Crippen molar-refractivity contribution in [3.8, 4) is 0 Å². The van der Waals surface area contributed by atoms with Crippen molar-refractivity contribution in [2.75, 3.05) is 40.4 Å². The van der Waals surface area contributed by atoms with E-state index in [1.807, 2.05) is 0 Å². The smallest absolute Gasteiger partial charge is 0.387 e. The molecule has 0 aliphatic rings. The van der Waals surface area contributed by atoms with E-state index in [-0.39, 0.29) is 6.54 Å². The minimum Gasteiger partial charge on any atom is -0.387 e. The third-order valence-electron chi connectivity index (χ3n) is 1.82. The van der Waals surface area contributed by atoms with E-state index >= 15 is 0 Å². The van der Waals surface area contributed by atoms with Crippen molar-refractivity contribution in [3.63, 3.8) is 0 Å². The fourth-order valence-electron chi connectivity index (χ4n) is 1.34. The first kappa shape index (κ1) is 17.1. The van der Waals surface area contributed by atoms with Gasteiger partial charge in [-0.05, 0) is 21.0 Å². The first-order chi connectivity index (χ1) is 8.02. The maximum Gasteiger partial charge on any atom is 0.411 e. The molecule has 0 spiro atoms. The summed E-state index contributed by atoms with van der Waals surface area (Å²) in [4.78, 5) is 12.9. The topological polar surface area (TPSA) is 61.8 Å². The third-order valence-corrected chi connectivity index (χ3v) is 1.82. The number of rotatable bonds is 7. The molecule has 18 heavy (non-hydrogen) atoms. The Hall–Kier alpha value is -0.860. The predicted octanol–water partition coefficient (Wildman–Crippen LogP) is -0.00590. The Morgan fingerprint density at radius 1 is 1.39 bits per heavy atom. The van der Waals surface area contributed by atoms with Crippen LogP contribution in [0.4, 0.5) is 13.2 Å². The first-order valence-electron chi connectivity index (χ1n) is 5.30. The molecule has 0 aromatic rings. The molecule has 1 atom stereocenters. The molecule has 0 aromatic heterocycles. The number of halogens is 3. The van der Waals surface area contributed by atoms with Gasteiger partial charge >= 0.3 is 6.18 Å². The molecule has 0 aromatic carbocycles. The van der Waals surface area contributed by atoms with Gasteiger partial charge in [-0.1, -0.05) is 0 Å². The largest absolute Gasteiger partial charge is 0.411 e. The molecule has 0 fully saturated rings. The zero-order valence-electron chi connectivity index (χ0n) is 10.7. The van der Waals surface area contributed by atoms with Crippen molar-refractivity contribution < 1.29 is 27.8 Å². The Bertz CT molecular complexity index is 268. The van der Waals surface area contributed by atoms with E-state index in [2.05, 4.69) is 10.1 Å². The lowest BCUT2D eigenvalue weighted by molar-refractivity contribution is -0.175. The summed E-state index contributed by atoms with van der Waals surface area (Å²) in [6.07, 6.45) is -4.45. The molecule has 5 nitrogen and oxygen atoms in total. The summed E-state index contributed by atoms with van der Waals surface area (Å²) in [5.74, 6) is -0.696. The number of likely N-dealkylation sites (N-methyl/N-ethyl adjacent to an activating group) is 1. The molecule has 0 bridgehead atoms. The molecule has 2 N–H and O–H groups in total. The molecule has 0 aliphatic heterocycles. The summed E-state index contributed by atoms with van der Waals surface area (Å²) >= 11 is 0. The maximum absolute atomic E-state index is 11.7. The monoisotopic (exact) mass is 272 g/mol. The third kappa shape index (κ3) is 10.3. The molecule has 108 valence electrons. The second kappa shape index (κ2) is 6.91. The van der Waals surface area contributed by atoms with Gasteiger partial charge in [0.25, 0.3) is 0 Å². The Kier molecular flexibility index (Phi) is 6.58. The minimum absolute atomic E-state index is 0.0562. The maximum atomic E-state index is 11.7. The standard InChI is InChI=1S/C10H19F3N2O3/c1-9(17,6-15(2)3)5-14-8(16)4-18-7-10(11,12)13/h17H,4-7H2,1-3H3,(H,14,16). The molecule has 0 aliphatic carbocycles. The average molecular weight is 272 g/mol. The van der Waals surface area contributed by atoms with Crippen molar-refractivity contribution in [2.45, 2.75) is 18.7 Å². The fourth-order valence-corrected chi connectivity index (χ4v) is 1.34. The van der Waals surface area contributed by atoms with Crippen LogP contribution in [0.15, 0.2) is 0 Å². The van der Waals surface area contributed by atoms with E-state index in [0.29, 0.717) is 6.54 Å². The van der Waals surface area contributed by atoms with Crippen LogP contribution < -0.4 is 5.32 Å². The van der Waals surface area contributed by atoms with Crippen LogP contribution in [0.2, 0.25) is 0 Å². The number of amides is 1. The zero-order chi connectivity index (χ0) is 14.4. The summed E-state index contributed by atoms with van der Waals surface area (Å²) in [7, 11) is 3.51. The van der Waals surface area contributed by atoms with Crippen LogP contribution in [0.5, 0.6) is 0 Å². The van der Waals surface area contributed by atoms with E-state index in [0.717, 1.165) is 0 Å². The molecule has 1 amide bonds. The molecule has 1 unspecified atom stereocenters. The highest BCUT2D eigenvalue weighted by molar-refractivity contribution is 5.77. The molecule has 0 rings (SSSR count). The van der Waals surface area contributed by atoms with Crippen LogP contribution in [0.1, 0.15) is 6.92 Å². The number of carbonyl (C=O) groups is 1. The van der Waals surface area contributed by atoms with Gasteiger partial charge < -0.3 is 20.1 Å². The Morgan fingerprint density at radius 2 is 1.94 bits per heavy atom. The van der Waals surface area contributed by atoms with Crippen molar-refractivity contribution in [1.29, 1.82) is 0 Å². The Balaban J connectivity index is 3.83. The molecule has 0 heterocycles. The van der Waals surface area contributed by atoms with E-state index in [9.17, 15) is 23.1 Å². The SMILES string of the molecule is CN(C)CC(C)(O)CNC(=O)COCC(F)(F)F. The van der Waals surface area contributed by atoms with E-state index in [1.165, 1.54) is 6.92 Å². The van der Waals surface area contributed by atoms with Gasteiger partial charge in [-0.25, -0.2) is 0 Å². The van der Waals surface area contributed by atoms with Gasteiger partial charge in [-0.3, -0.25) is 4.79 Å². The average Bonchev–Trinajstić information content (AvgIpc) is 2.10. The van der Waals surface area contributed by atoms with Gasteiger partial charge in [0.2, 0.25) is 5.91 Å². The lowest BCUT2D eigenvalue weighted by Crippen LogP contribution is -2.47. The summed E-state index contributed by atoms with van der Waals surface area (Å²) in [6.45, 7) is -0.369. The summed E-state index contributed by atoms with van der Waals surface area (Å²) in [6, 6.07) is 0. The van der Waals surface area contributed by atoms with Crippen molar-refractivity contribution in [3.05, 3.63) is 0 Å². The number of carbonyl (C=O) groups excluding carboxylic acids is 1. The van der Waals surface area contributed by atoms with Crippen LogP contribution >= 0.6 is 0 Å². The molecule has 0 saturated heterocycles. The highest BCUT2D eigenvalue weighted by Crippen LogP contribution is 2.14. The van der Waals surface area contributed by atoms with Gasteiger partial charge in [0.15, 0.2) is 0 Å². The normalized spacial score (nSPS) is 15.6. The second-order valence-corrected chi connectivity index (χ2v) is 4.62. The van der Waals surface area contributed by atoms with Crippen LogP contribution in [-0.4, -0.2) is 68.1 Å². The number of ether oxygens (including phenoxy) is 1. The van der Waals surface area contributed by atoms with Crippen LogP contribution in [0.3, 0.4) is 0 Å². The predicted molar refractivity (Wildman–Crippen MR) is 59.1 cm³/mol. The van der Waals surface area contributed by atoms with Gasteiger partial charge in [-0.15, -0.1) is 0 Å². The molecular weight excluding hydrogens is 253 g/mol. The van der Waals surface area contributed by atoms with Crippen LogP contribution in [-0.2, 0) is 9.53 Å². The number of nitrogens with zero attached hydrogens (tertiary/aromatic N) is 1. The van der Waals surface area contributed by atoms with Gasteiger partial charge in [0.05, 0.1) is 5.60 Å². The van der Waals surface area contributed by atoms with Crippen molar-refractivity contribution in [1.82, 2.24) is 10.2 Å². The van der Waals surface area contributed by atoms with E-state index < -0.39 is 30.9 Å². The van der Waals surface area contributed by atoms with Crippen LogP contribution in [0.25, 0.3) is 0 Å². The number of hydrogen-bond donors (Lipinski definition) is 2. The lowest BCUT2D eigenvalue weighted by Gasteiger charge is -2.27.